The highest BCUT2D eigenvalue weighted by Crippen LogP contribution is 2.27. The topological polar surface area (TPSA) is 79.4 Å². The molecule has 1 N–H and O–H groups in total. The Hall–Kier alpha value is -2.93. The fourth-order valence-corrected chi connectivity index (χ4v) is 4.04. The first kappa shape index (κ1) is 19.8. The Morgan fingerprint density at radius 3 is 2.54 bits per heavy atom. The van der Waals surface area contributed by atoms with Crippen LogP contribution in [0.1, 0.15) is 18.1 Å². The predicted molar refractivity (Wildman–Crippen MR) is 113 cm³/mol. The van der Waals surface area contributed by atoms with E-state index in [1.807, 2.05) is 44.2 Å². The Morgan fingerprint density at radius 1 is 1.11 bits per heavy atom. The fraction of sp³-hybridized carbons (Fsp3) is 0.238. The Labute approximate surface area is 165 Å². The minimum atomic E-state index is -3.69. The zero-order chi connectivity index (χ0) is 20.3. The maximum Gasteiger partial charge on any atom is 0.245 e. The van der Waals surface area contributed by atoms with Crippen LogP contribution in [0.15, 0.2) is 54.7 Å². The minimum Gasteiger partial charge on any atom is -0.324 e. The van der Waals surface area contributed by atoms with Crippen LogP contribution in [0.4, 0.5) is 11.4 Å². The summed E-state index contributed by atoms with van der Waals surface area (Å²) in [6, 6.07) is 14.7. The van der Waals surface area contributed by atoms with Gasteiger partial charge in [0.05, 0.1) is 17.5 Å². The molecule has 0 unspecified atom stereocenters. The van der Waals surface area contributed by atoms with E-state index in [1.54, 1.807) is 24.4 Å². The Balaban J connectivity index is 1.96. The summed E-state index contributed by atoms with van der Waals surface area (Å²) >= 11 is 0. The molecule has 1 aromatic heterocycles. The van der Waals surface area contributed by atoms with Crippen LogP contribution in [-0.4, -0.2) is 32.1 Å². The summed E-state index contributed by atoms with van der Waals surface area (Å²) in [4.78, 5) is 17.1. The highest BCUT2D eigenvalue weighted by molar-refractivity contribution is 7.92. The number of carbonyl (C=O) groups is 1. The van der Waals surface area contributed by atoms with Crippen LogP contribution >= 0.6 is 0 Å². The van der Waals surface area contributed by atoms with Crippen LogP contribution in [0, 0.1) is 6.92 Å². The van der Waals surface area contributed by atoms with Crippen molar-refractivity contribution in [3.8, 4) is 0 Å². The number of aromatic nitrogens is 1. The van der Waals surface area contributed by atoms with Crippen LogP contribution < -0.4 is 9.62 Å². The number of pyridine rings is 1. The van der Waals surface area contributed by atoms with Crippen molar-refractivity contribution in [2.24, 2.45) is 0 Å². The molecule has 2 aromatic carbocycles. The molecule has 0 aliphatic heterocycles. The largest absolute Gasteiger partial charge is 0.324 e. The molecule has 1 heterocycles. The van der Waals surface area contributed by atoms with Gasteiger partial charge >= 0.3 is 0 Å². The number of fused-ring (bicyclic) bond motifs is 1. The average Bonchev–Trinajstić information content (AvgIpc) is 2.66. The van der Waals surface area contributed by atoms with Crippen molar-refractivity contribution >= 4 is 38.2 Å². The molecular formula is C21H23N3O3S. The van der Waals surface area contributed by atoms with Crippen molar-refractivity contribution in [2.45, 2.75) is 20.3 Å². The van der Waals surface area contributed by atoms with Gasteiger partial charge in [-0.1, -0.05) is 43.3 Å². The summed E-state index contributed by atoms with van der Waals surface area (Å²) in [5.74, 6) is -0.401. The maximum absolute atomic E-state index is 12.8. The van der Waals surface area contributed by atoms with Crippen LogP contribution in [0.25, 0.3) is 10.9 Å². The van der Waals surface area contributed by atoms with E-state index in [0.29, 0.717) is 11.2 Å². The van der Waals surface area contributed by atoms with Gasteiger partial charge in [0.25, 0.3) is 0 Å². The number of anilines is 2. The lowest BCUT2D eigenvalue weighted by Gasteiger charge is -2.23. The molecule has 6 nitrogen and oxygen atoms in total. The number of aryl methyl sites for hydroxylation is 2. The van der Waals surface area contributed by atoms with E-state index in [4.69, 9.17) is 0 Å². The predicted octanol–water partition coefficient (Wildman–Crippen LogP) is 3.51. The van der Waals surface area contributed by atoms with Gasteiger partial charge in [0.15, 0.2) is 0 Å². The van der Waals surface area contributed by atoms with Gasteiger partial charge in [0, 0.05) is 17.3 Å². The third-order valence-electron chi connectivity index (χ3n) is 4.57. The van der Waals surface area contributed by atoms with Gasteiger partial charge in [-0.05, 0) is 36.6 Å². The van der Waals surface area contributed by atoms with Crippen LogP contribution in [0.5, 0.6) is 0 Å². The second-order valence-corrected chi connectivity index (χ2v) is 8.54. The van der Waals surface area contributed by atoms with E-state index in [9.17, 15) is 13.2 Å². The van der Waals surface area contributed by atoms with Gasteiger partial charge in [-0.2, -0.15) is 0 Å². The van der Waals surface area contributed by atoms with Gasteiger partial charge in [0.1, 0.15) is 6.54 Å². The first-order chi connectivity index (χ1) is 13.3. The summed E-state index contributed by atoms with van der Waals surface area (Å²) < 4.78 is 26.0. The van der Waals surface area contributed by atoms with Crippen molar-refractivity contribution in [1.29, 1.82) is 0 Å². The summed E-state index contributed by atoms with van der Waals surface area (Å²) in [7, 11) is -3.69. The summed E-state index contributed by atoms with van der Waals surface area (Å²) in [5, 5.41) is 3.69. The summed E-state index contributed by atoms with van der Waals surface area (Å²) in [6.07, 6.45) is 3.46. The first-order valence-electron chi connectivity index (χ1n) is 9.01. The molecule has 1 amide bonds. The van der Waals surface area contributed by atoms with Gasteiger partial charge in [0.2, 0.25) is 15.9 Å². The first-order valence-corrected chi connectivity index (χ1v) is 10.9. The highest BCUT2D eigenvalue weighted by Gasteiger charge is 2.23. The van der Waals surface area contributed by atoms with E-state index in [0.717, 1.165) is 39.2 Å². The van der Waals surface area contributed by atoms with E-state index in [2.05, 4.69) is 10.3 Å². The number of hydrogen-bond acceptors (Lipinski definition) is 4. The molecule has 0 saturated heterocycles. The second kappa shape index (κ2) is 7.98. The Morgan fingerprint density at radius 2 is 1.82 bits per heavy atom. The third-order valence-corrected chi connectivity index (χ3v) is 5.70. The highest BCUT2D eigenvalue weighted by atomic mass is 32.2. The van der Waals surface area contributed by atoms with E-state index < -0.39 is 15.9 Å². The number of nitrogens with zero attached hydrogens (tertiary/aromatic N) is 2. The molecule has 0 bridgehead atoms. The van der Waals surface area contributed by atoms with Gasteiger partial charge < -0.3 is 5.32 Å². The number of para-hydroxylation sites is 2. The molecule has 0 saturated carbocycles. The molecule has 3 aromatic rings. The van der Waals surface area contributed by atoms with Crippen molar-refractivity contribution in [1.82, 2.24) is 4.98 Å². The molecule has 0 atom stereocenters. The molecule has 3 rings (SSSR count). The number of rotatable bonds is 6. The molecule has 0 aliphatic carbocycles. The second-order valence-electron chi connectivity index (χ2n) is 6.63. The van der Waals surface area contributed by atoms with Crippen molar-refractivity contribution in [3.63, 3.8) is 0 Å². The normalized spacial score (nSPS) is 11.4. The number of nitrogens with one attached hydrogen (secondary N) is 1. The quantitative estimate of drug-likeness (QED) is 0.690. The van der Waals surface area contributed by atoms with Gasteiger partial charge in [-0.3, -0.25) is 14.1 Å². The van der Waals surface area contributed by atoms with E-state index >= 15 is 0 Å². The SMILES string of the molecule is CCc1cccc(C)c1NC(=O)CN(c1cccc2cccnc12)S(C)(=O)=O. The molecule has 28 heavy (non-hydrogen) atoms. The molecule has 146 valence electrons. The molecule has 7 heteroatoms. The zero-order valence-electron chi connectivity index (χ0n) is 16.1. The maximum atomic E-state index is 12.8. The van der Waals surface area contributed by atoms with Gasteiger partial charge in [-0.15, -0.1) is 0 Å². The third kappa shape index (κ3) is 4.14. The lowest BCUT2D eigenvalue weighted by Crippen LogP contribution is -2.37. The smallest absolute Gasteiger partial charge is 0.245 e. The van der Waals surface area contributed by atoms with Crippen LogP contribution in [0.3, 0.4) is 0 Å². The number of sulfonamides is 1. The Bertz CT molecular complexity index is 1120. The Kier molecular flexibility index (Phi) is 5.65. The molecule has 0 aliphatic rings. The lowest BCUT2D eigenvalue weighted by molar-refractivity contribution is -0.114. The van der Waals surface area contributed by atoms with Crippen molar-refractivity contribution in [2.75, 3.05) is 22.4 Å². The summed E-state index contributed by atoms with van der Waals surface area (Å²) in [6.45, 7) is 3.60. The standard InChI is InChI=1S/C21H23N3O3S/c1-4-16-9-5-8-15(2)20(16)23-19(25)14-24(28(3,26)27)18-12-6-10-17-11-7-13-22-21(17)18/h5-13H,4,14H2,1-3H3,(H,23,25). The number of carbonyl (C=O) groups excluding carboxylic acids is 1. The average molecular weight is 398 g/mol. The molecular weight excluding hydrogens is 374 g/mol. The number of benzene rings is 2. The molecule has 0 radical (unpaired) electrons. The van der Waals surface area contributed by atoms with Gasteiger partial charge in [-0.25, -0.2) is 8.42 Å². The fourth-order valence-electron chi connectivity index (χ4n) is 3.18. The van der Waals surface area contributed by atoms with Crippen LogP contribution in [0.2, 0.25) is 0 Å². The van der Waals surface area contributed by atoms with Crippen molar-refractivity contribution < 1.29 is 13.2 Å². The summed E-state index contributed by atoms with van der Waals surface area (Å²) in [5.41, 5.74) is 3.60. The molecule has 0 spiro atoms. The minimum absolute atomic E-state index is 0.327. The van der Waals surface area contributed by atoms with E-state index in [-0.39, 0.29) is 6.54 Å². The zero-order valence-corrected chi connectivity index (χ0v) is 17.0. The van der Waals surface area contributed by atoms with E-state index in [1.165, 1.54) is 0 Å². The number of amides is 1. The lowest BCUT2D eigenvalue weighted by atomic mass is 10.1. The number of hydrogen-bond donors (Lipinski definition) is 1. The monoisotopic (exact) mass is 397 g/mol. The van der Waals surface area contributed by atoms with Crippen LogP contribution in [-0.2, 0) is 21.2 Å². The molecule has 0 fully saturated rings. The van der Waals surface area contributed by atoms with Crippen molar-refractivity contribution in [3.05, 3.63) is 65.9 Å².